The van der Waals surface area contributed by atoms with Gasteiger partial charge in [0.1, 0.15) is 0 Å². The molecule has 0 aliphatic carbocycles. The number of unbranched alkanes of at least 4 members (excludes halogenated alkanes) is 4. The first-order valence-electron chi connectivity index (χ1n) is 6.00. The average Bonchev–Trinajstić information content (AvgIpc) is 2.30. The quantitative estimate of drug-likeness (QED) is 0.477. The maximum Gasteiger partial charge on any atom is 0.0283 e. The van der Waals surface area contributed by atoms with Gasteiger partial charge >= 0.3 is 0 Å². The van der Waals surface area contributed by atoms with Crippen LogP contribution in [0.4, 0.5) is 0 Å². The zero-order chi connectivity index (χ0) is 10.9. The first-order chi connectivity index (χ1) is 7.36. The Morgan fingerprint density at radius 2 is 1.47 bits per heavy atom. The van der Waals surface area contributed by atoms with Crippen LogP contribution >= 0.6 is 15.9 Å². The van der Waals surface area contributed by atoms with Crippen LogP contribution in [-0.4, -0.2) is 0 Å². The van der Waals surface area contributed by atoms with E-state index in [9.17, 15) is 0 Å². The molecule has 0 N–H and O–H groups in total. The zero-order valence-electron chi connectivity index (χ0n) is 9.64. The molecule has 0 atom stereocenters. The fourth-order valence-electron chi connectivity index (χ4n) is 1.73. The average molecular weight is 269 g/mol. The molecule has 1 heteroatoms. The Hall–Kier alpha value is -0.300. The van der Waals surface area contributed by atoms with E-state index in [1.807, 2.05) is 0 Å². The number of rotatable bonds is 7. The predicted octanol–water partition coefficient (Wildman–Crippen LogP) is 5.09. The molecular formula is C14H21Br. The van der Waals surface area contributed by atoms with Gasteiger partial charge in [-0.25, -0.2) is 0 Å². The topological polar surface area (TPSA) is 0 Å². The Morgan fingerprint density at radius 3 is 2.07 bits per heavy atom. The van der Waals surface area contributed by atoms with Crippen LogP contribution in [0, 0.1) is 0 Å². The molecule has 0 heterocycles. The molecule has 0 radical (unpaired) electrons. The third kappa shape index (κ3) is 5.36. The lowest BCUT2D eigenvalue weighted by Gasteiger charge is -2.02. The Balaban J connectivity index is 2.20. The van der Waals surface area contributed by atoms with Crippen molar-refractivity contribution in [2.24, 2.45) is 0 Å². The molecule has 84 valence electrons. The lowest BCUT2D eigenvalue weighted by molar-refractivity contribution is 0.632. The maximum atomic E-state index is 3.46. The molecule has 0 nitrogen and oxygen atoms in total. The molecule has 0 bridgehead atoms. The highest BCUT2D eigenvalue weighted by atomic mass is 79.9. The minimum Gasteiger partial charge on any atom is -0.0876 e. The van der Waals surface area contributed by atoms with Crippen molar-refractivity contribution in [2.45, 2.75) is 50.8 Å². The van der Waals surface area contributed by atoms with E-state index < -0.39 is 0 Å². The first-order valence-corrected chi connectivity index (χ1v) is 7.12. The van der Waals surface area contributed by atoms with Crippen LogP contribution in [0.15, 0.2) is 24.3 Å². The van der Waals surface area contributed by atoms with Gasteiger partial charge in [-0.1, -0.05) is 72.8 Å². The van der Waals surface area contributed by atoms with Gasteiger partial charge in [-0.05, 0) is 24.0 Å². The van der Waals surface area contributed by atoms with Gasteiger partial charge in [-0.3, -0.25) is 0 Å². The van der Waals surface area contributed by atoms with E-state index in [-0.39, 0.29) is 0 Å². The van der Waals surface area contributed by atoms with E-state index in [4.69, 9.17) is 0 Å². The highest BCUT2D eigenvalue weighted by Gasteiger charge is 1.94. The van der Waals surface area contributed by atoms with E-state index in [0.29, 0.717) is 0 Å². The molecule has 0 amide bonds. The van der Waals surface area contributed by atoms with E-state index in [0.717, 1.165) is 5.33 Å². The largest absolute Gasteiger partial charge is 0.0876 e. The predicted molar refractivity (Wildman–Crippen MR) is 71.5 cm³/mol. The second kappa shape index (κ2) is 7.92. The van der Waals surface area contributed by atoms with Crippen molar-refractivity contribution < 1.29 is 0 Å². The molecule has 1 aromatic carbocycles. The summed E-state index contributed by atoms with van der Waals surface area (Å²) in [5.41, 5.74) is 2.85. The van der Waals surface area contributed by atoms with E-state index in [2.05, 4.69) is 47.1 Å². The van der Waals surface area contributed by atoms with Crippen LogP contribution in [-0.2, 0) is 11.8 Å². The van der Waals surface area contributed by atoms with Crippen molar-refractivity contribution in [1.82, 2.24) is 0 Å². The second-order valence-corrected chi connectivity index (χ2v) is 4.68. The zero-order valence-corrected chi connectivity index (χ0v) is 11.2. The van der Waals surface area contributed by atoms with Crippen LogP contribution in [0.3, 0.4) is 0 Å². The van der Waals surface area contributed by atoms with Crippen molar-refractivity contribution in [1.29, 1.82) is 0 Å². The van der Waals surface area contributed by atoms with Gasteiger partial charge in [0.25, 0.3) is 0 Å². The summed E-state index contributed by atoms with van der Waals surface area (Å²) in [6.45, 7) is 2.26. The van der Waals surface area contributed by atoms with E-state index in [1.165, 1.54) is 49.7 Å². The van der Waals surface area contributed by atoms with Gasteiger partial charge in [-0.2, -0.15) is 0 Å². The minimum absolute atomic E-state index is 0.962. The summed E-state index contributed by atoms with van der Waals surface area (Å²) in [5.74, 6) is 0. The van der Waals surface area contributed by atoms with Crippen molar-refractivity contribution in [3.05, 3.63) is 35.4 Å². The third-order valence-electron chi connectivity index (χ3n) is 2.75. The van der Waals surface area contributed by atoms with Gasteiger partial charge in [0, 0.05) is 5.33 Å². The number of hydrogen-bond acceptors (Lipinski definition) is 0. The lowest BCUT2D eigenvalue weighted by atomic mass is 10.0. The standard InChI is InChI=1S/C14H21Br/c1-2-3-4-5-6-7-13-8-10-14(12-15)11-9-13/h8-11H,2-7,12H2,1H3. The molecule has 0 fully saturated rings. The van der Waals surface area contributed by atoms with Gasteiger partial charge < -0.3 is 0 Å². The normalized spacial score (nSPS) is 10.5. The van der Waals surface area contributed by atoms with Crippen molar-refractivity contribution >= 4 is 15.9 Å². The van der Waals surface area contributed by atoms with Gasteiger partial charge in [0.05, 0.1) is 0 Å². The van der Waals surface area contributed by atoms with E-state index in [1.54, 1.807) is 0 Å². The second-order valence-electron chi connectivity index (χ2n) is 4.11. The molecule has 1 aromatic rings. The van der Waals surface area contributed by atoms with Crippen LogP contribution in [0.2, 0.25) is 0 Å². The Bertz CT molecular complexity index is 251. The smallest absolute Gasteiger partial charge is 0.0283 e. The molecule has 0 aliphatic heterocycles. The van der Waals surface area contributed by atoms with Gasteiger partial charge in [0.2, 0.25) is 0 Å². The van der Waals surface area contributed by atoms with Crippen LogP contribution in [0.25, 0.3) is 0 Å². The summed E-state index contributed by atoms with van der Waals surface area (Å²) >= 11 is 3.46. The monoisotopic (exact) mass is 268 g/mol. The first kappa shape index (κ1) is 12.8. The molecule has 0 saturated heterocycles. The molecule has 0 saturated carbocycles. The molecule has 0 aromatic heterocycles. The van der Waals surface area contributed by atoms with Gasteiger partial charge in [0.15, 0.2) is 0 Å². The van der Waals surface area contributed by atoms with Crippen molar-refractivity contribution in [3.63, 3.8) is 0 Å². The maximum absolute atomic E-state index is 3.46. The Kier molecular flexibility index (Phi) is 6.74. The van der Waals surface area contributed by atoms with E-state index >= 15 is 0 Å². The molecule has 0 spiro atoms. The number of halogens is 1. The molecule has 0 unspecified atom stereocenters. The summed E-state index contributed by atoms with van der Waals surface area (Å²) in [5, 5.41) is 0.962. The van der Waals surface area contributed by atoms with Crippen LogP contribution in [0.1, 0.15) is 50.2 Å². The van der Waals surface area contributed by atoms with Crippen molar-refractivity contribution in [3.8, 4) is 0 Å². The summed E-state index contributed by atoms with van der Waals surface area (Å²) in [6.07, 6.45) is 8.09. The summed E-state index contributed by atoms with van der Waals surface area (Å²) in [6, 6.07) is 8.96. The lowest BCUT2D eigenvalue weighted by Crippen LogP contribution is -1.87. The molecule has 15 heavy (non-hydrogen) atoms. The number of alkyl halides is 1. The van der Waals surface area contributed by atoms with Crippen LogP contribution < -0.4 is 0 Å². The fraction of sp³-hybridized carbons (Fsp3) is 0.571. The highest BCUT2D eigenvalue weighted by molar-refractivity contribution is 9.08. The Morgan fingerprint density at radius 1 is 0.867 bits per heavy atom. The number of hydrogen-bond donors (Lipinski definition) is 0. The van der Waals surface area contributed by atoms with Gasteiger partial charge in [-0.15, -0.1) is 0 Å². The number of aryl methyl sites for hydroxylation is 1. The van der Waals surface area contributed by atoms with Crippen molar-refractivity contribution in [2.75, 3.05) is 0 Å². The molecule has 0 aliphatic rings. The van der Waals surface area contributed by atoms with Crippen LogP contribution in [0.5, 0.6) is 0 Å². The molecule has 1 rings (SSSR count). The third-order valence-corrected chi connectivity index (χ3v) is 3.39. The summed E-state index contributed by atoms with van der Waals surface area (Å²) in [4.78, 5) is 0. The minimum atomic E-state index is 0.962. The molecular weight excluding hydrogens is 248 g/mol. The SMILES string of the molecule is CCCCCCCc1ccc(CBr)cc1. The Labute approximate surface area is 102 Å². The fourth-order valence-corrected chi connectivity index (χ4v) is 2.10. The summed E-state index contributed by atoms with van der Waals surface area (Å²) < 4.78 is 0. The summed E-state index contributed by atoms with van der Waals surface area (Å²) in [7, 11) is 0. The highest BCUT2D eigenvalue weighted by Crippen LogP contribution is 2.11. The number of benzene rings is 1.